The molecule has 0 saturated heterocycles. The van der Waals surface area contributed by atoms with Crippen molar-refractivity contribution in [2.45, 2.75) is 13.5 Å². The first-order valence-electron chi connectivity index (χ1n) is 5.47. The molecule has 0 saturated carbocycles. The van der Waals surface area contributed by atoms with Gasteiger partial charge in [0.15, 0.2) is 0 Å². The van der Waals surface area contributed by atoms with Crippen LogP contribution in [0.1, 0.15) is 17.3 Å². The maximum atomic E-state index is 12.1. The number of benzene rings is 1. The summed E-state index contributed by atoms with van der Waals surface area (Å²) >= 11 is 0. The second kappa shape index (κ2) is 6.90. The first-order valence-corrected chi connectivity index (χ1v) is 5.47. The van der Waals surface area contributed by atoms with Crippen LogP contribution in [0.3, 0.4) is 0 Å². The molecule has 1 rings (SSSR count). The third-order valence-corrected chi connectivity index (χ3v) is 2.27. The fourth-order valence-corrected chi connectivity index (χ4v) is 1.28. The highest BCUT2D eigenvalue weighted by atomic mass is 19.3. The molecule has 1 amide bonds. The minimum atomic E-state index is -2.98. The highest BCUT2D eigenvalue weighted by Gasteiger charge is 2.15. The number of alkyl halides is 2. The number of amides is 1. The number of aliphatic hydroxyl groups is 1. The summed E-state index contributed by atoms with van der Waals surface area (Å²) in [6, 6.07) is 5.76. The van der Waals surface area contributed by atoms with E-state index in [0.717, 1.165) is 0 Å². The highest BCUT2D eigenvalue weighted by molar-refractivity contribution is 5.96. The Morgan fingerprint density at radius 2 is 2.11 bits per heavy atom. The number of hydrogen-bond acceptors (Lipinski definition) is 3. The molecule has 18 heavy (non-hydrogen) atoms. The second-order valence-electron chi connectivity index (χ2n) is 3.87. The summed E-state index contributed by atoms with van der Waals surface area (Å²) < 4.78 is 28.5. The van der Waals surface area contributed by atoms with E-state index in [1.165, 1.54) is 18.2 Å². The third-order valence-electron chi connectivity index (χ3n) is 2.27. The molecule has 0 aliphatic rings. The second-order valence-corrected chi connectivity index (χ2v) is 3.87. The van der Waals surface area contributed by atoms with Crippen molar-refractivity contribution in [2.24, 2.45) is 5.92 Å². The van der Waals surface area contributed by atoms with Gasteiger partial charge in [0.25, 0.3) is 5.91 Å². The van der Waals surface area contributed by atoms with Crippen LogP contribution in [0.2, 0.25) is 0 Å². The van der Waals surface area contributed by atoms with Gasteiger partial charge in [0.05, 0.1) is 5.56 Å². The van der Waals surface area contributed by atoms with Gasteiger partial charge in [0.2, 0.25) is 0 Å². The molecular weight excluding hydrogens is 244 g/mol. The maximum Gasteiger partial charge on any atom is 0.387 e. The Morgan fingerprint density at radius 3 is 2.72 bits per heavy atom. The van der Waals surface area contributed by atoms with Crippen LogP contribution in [0.25, 0.3) is 0 Å². The van der Waals surface area contributed by atoms with E-state index in [2.05, 4.69) is 10.1 Å². The Balaban J connectivity index is 2.72. The third kappa shape index (κ3) is 4.29. The quantitative estimate of drug-likeness (QED) is 0.816. The summed E-state index contributed by atoms with van der Waals surface area (Å²) in [5.74, 6) is -0.773. The standard InChI is InChI=1S/C12H15F2NO3/c1-8(7-16)6-15-11(17)9-4-2-3-5-10(9)18-12(13)14/h2-5,8,12,16H,6-7H2,1H3,(H,15,17). The molecule has 2 N–H and O–H groups in total. The van der Waals surface area contributed by atoms with Gasteiger partial charge in [-0.2, -0.15) is 8.78 Å². The van der Waals surface area contributed by atoms with Crippen molar-refractivity contribution in [1.29, 1.82) is 0 Å². The molecule has 0 radical (unpaired) electrons. The number of nitrogens with one attached hydrogen (secondary N) is 1. The zero-order chi connectivity index (χ0) is 13.5. The molecule has 0 aromatic heterocycles. The van der Waals surface area contributed by atoms with Gasteiger partial charge < -0.3 is 15.2 Å². The summed E-state index contributed by atoms with van der Waals surface area (Å²) in [6.07, 6.45) is 0. The summed E-state index contributed by atoms with van der Waals surface area (Å²) in [5, 5.41) is 11.4. The lowest BCUT2D eigenvalue weighted by atomic mass is 10.1. The summed E-state index contributed by atoms with van der Waals surface area (Å²) in [4.78, 5) is 11.7. The molecule has 1 atom stereocenters. The van der Waals surface area contributed by atoms with Crippen LogP contribution in [0, 0.1) is 5.92 Å². The summed E-state index contributed by atoms with van der Waals surface area (Å²) in [5.41, 5.74) is 0.0444. The molecule has 1 aromatic rings. The first kappa shape index (κ1) is 14.4. The van der Waals surface area contributed by atoms with Crippen LogP contribution in [-0.4, -0.2) is 30.8 Å². The smallest absolute Gasteiger partial charge is 0.387 e. The van der Waals surface area contributed by atoms with Crippen molar-refractivity contribution in [3.8, 4) is 5.75 Å². The molecule has 0 heterocycles. The van der Waals surface area contributed by atoms with E-state index >= 15 is 0 Å². The van der Waals surface area contributed by atoms with E-state index in [1.54, 1.807) is 13.0 Å². The number of carbonyl (C=O) groups excluding carboxylic acids is 1. The molecule has 6 heteroatoms. The predicted molar refractivity (Wildman–Crippen MR) is 61.7 cm³/mol. The van der Waals surface area contributed by atoms with Gasteiger partial charge in [0.1, 0.15) is 5.75 Å². The molecule has 0 aliphatic heterocycles. The molecule has 0 spiro atoms. The molecule has 1 aromatic carbocycles. The zero-order valence-electron chi connectivity index (χ0n) is 9.90. The number of hydrogen-bond donors (Lipinski definition) is 2. The fraction of sp³-hybridized carbons (Fsp3) is 0.417. The van der Waals surface area contributed by atoms with E-state index < -0.39 is 12.5 Å². The summed E-state index contributed by atoms with van der Waals surface area (Å²) in [7, 11) is 0. The average molecular weight is 259 g/mol. The van der Waals surface area contributed by atoms with Crippen molar-refractivity contribution < 1.29 is 23.4 Å². The van der Waals surface area contributed by atoms with Gasteiger partial charge in [0, 0.05) is 13.2 Å². The lowest BCUT2D eigenvalue weighted by Gasteiger charge is -2.12. The molecular formula is C12H15F2NO3. The number of carbonyl (C=O) groups is 1. The van der Waals surface area contributed by atoms with Crippen LogP contribution < -0.4 is 10.1 Å². The van der Waals surface area contributed by atoms with Gasteiger partial charge in [-0.05, 0) is 18.1 Å². The number of halogens is 2. The average Bonchev–Trinajstić information content (AvgIpc) is 2.35. The minimum Gasteiger partial charge on any atom is -0.434 e. The Kier molecular flexibility index (Phi) is 5.51. The number of ether oxygens (including phenoxy) is 1. The maximum absolute atomic E-state index is 12.1. The van der Waals surface area contributed by atoms with Crippen molar-refractivity contribution in [1.82, 2.24) is 5.32 Å². The fourth-order valence-electron chi connectivity index (χ4n) is 1.28. The van der Waals surface area contributed by atoms with Gasteiger partial charge in [-0.15, -0.1) is 0 Å². The van der Waals surface area contributed by atoms with E-state index in [-0.39, 0.29) is 30.4 Å². The van der Waals surface area contributed by atoms with E-state index in [9.17, 15) is 13.6 Å². The Hall–Kier alpha value is -1.69. The largest absolute Gasteiger partial charge is 0.434 e. The predicted octanol–water partition coefficient (Wildman–Crippen LogP) is 1.65. The van der Waals surface area contributed by atoms with Gasteiger partial charge >= 0.3 is 6.61 Å². The summed E-state index contributed by atoms with van der Waals surface area (Å²) in [6.45, 7) is -1.02. The highest BCUT2D eigenvalue weighted by Crippen LogP contribution is 2.20. The van der Waals surface area contributed by atoms with Crippen LogP contribution in [-0.2, 0) is 0 Å². The lowest BCUT2D eigenvalue weighted by Crippen LogP contribution is -2.30. The Morgan fingerprint density at radius 1 is 1.44 bits per heavy atom. The monoisotopic (exact) mass is 259 g/mol. The van der Waals surface area contributed by atoms with Gasteiger partial charge in [-0.1, -0.05) is 19.1 Å². The SMILES string of the molecule is CC(CO)CNC(=O)c1ccccc1OC(F)F. The van der Waals surface area contributed by atoms with Crippen molar-refractivity contribution in [2.75, 3.05) is 13.2 Å². The molecule has 0 fully saturated rings. The number of rotatable bonds is 6. The van der Waals surface area contributed by atoms with Crippen LogP contribution in [0.15, 0.2) is 24.3 Å². The van der Waals surface area contributed by atoms with E-state index in [1.807, 2.05) is 0 Å². The number of para-hydroxylation sites is 1. The minimum absolute atomic E-state index is 0.0444. The topological polar surface area (TPSA) is 58.6 Å². The Labute approximate surface area is 104 Å². The Bertz CT molecular complexity index is 399. The van der Waals surface area contributed by atoms with Crippen LogP contribution in [0.5, 0.6) is 5.75 Å². The molecule has 0 bridgehead atoms. The lowest BCUT2D eigenvalue weighted by molar-refractivity contribution is -0.0501. The molecule has 4 nitrogen and oxygen atoms in total. The number of aliphatic hydroxyl groups excluding tert-OH is 1. The van der Waals surface area contributed by atoms with Crippen molar-refractivity contribution in [3.05, 3.63) is 29.8 Å². The molecule has 1 unspecified atom stereocenters. The normalized spacial score (nSPS) is 12.3. The first-order chi connectivity index (χ1) is 8.54. The van der Waals surface area contributed by atoms with Crippen LogP contribution in [0.4, 0.5) is 8.78 Å². The van der Waals surface area contributed by atoms with Crippen LogP contribution >= 0.6 is 0 Å². The molecule has 0 aliphatic carbocycles. The van der Waals surface area contributed by atoms with E-state index in [0.29, 0.717) is 0 Å². The zero-order valence-corrected chi connectivity index (χ0v) is 9.90. The van der Waals surface area contributed by atoms with E-state index in [4.69, 9.17) is 5.11 Å². The van der Waals surface area contributed by atoms with Gasteiger partial charge in [-0.3, -0.25) is 4.79 Å². The van der Waals surface area contributed by atoms with Crippen molar-refractivity contribution >= 4 is 5.91 Å². The molecule has 100 valence electrons. The van der Waals surface area contributed by atoms with Crippen molar-refractivity contribution in [3.63, 3.8) is 0 Å². The van der Waals surface area contributed by atoms with Gasteiger partial charge in [-0.25, -0.2) is 0 Å².